The van der Waals surface area contributed by atoms with Gasteiger partial charge in [-0.3, -0.25) is 0 Å². The van der Waals surface area contributed by atoms with Crippen LogP contribution in [0, 0.1) is 10.2 Å². The number of hydrogen-bond acceptors (Lipinski definition) is 5. The zero-order valence-corrected chi connectivity index (χ0v) is 6.95. The van der Waals surface area contributed by atoms with Crippen LogP contribution in [0.2, 0.25) is 0 Å². The Morgan fingerprint density at radius 1 is 1.40 bits per heavy atom. The van der Waals surface area contributed by atoms with Gasteiger partial charge in [-0.15, -0.1) is 0 Å². The minimum atomic E-state index is -4.28. The van der Waals surface area contributed by atoms with Gasteiger partial charge in [0.2, 0.25) is 0 Å². The van der Waals surface area contributed by atoms with Gasteiger partial charge in [-0.2, -0.15) is 14.0 Å². The highest BCUT2D eigenvalue weighted by atomic mass is 35.7. The maximum atomic E-state index is 9.93. The number of hydrogen-bond donors (Lipinski definition) is 0. The molecule has 0 aliphatic carbocycles. The third kappa shape index (κ3) is 3.02. The summed E-state index contributed by atoms with van der Waals surface area (Å²) >= 11 is 1.30. The second-order valence-corrected chi connectivity index (χ2v) is 4.78. The molecule has 0 amide bonds. The van der Waals surface area contributed by atoms with Gasteiger partial charge in [0.05, 0.1) is 10.2 Å². The summed E-state index contributed by atoms with van der Waals surface area (Å²) in [6, 6.07) is 0. The normalized spacial score (nSPS) is 24.9. The number of rotatable bonds is 2. The van der Waals surface area contributed by atoms with Crippen LogP contribution >= 0.6 is 22.5 Å². The first-order valence-electron chi connectivity index (χ1n) is 2.06. The molecule has 58 valence electrons. The van der Waals surface area contributed by atoms with Crippen molar-refractivity contribution in [3.05, 3.63) is 10.8 Å². The molecule has 0 aromatic heterocycles. The Morgan fingerprint density at radius 3 is 2.50 bits per heavy atom. The Morgan fingerprint density at radius 2 is 2.10 bits per heavy atom. The predicted molar refractivity (Wildman–Crippen MR) is 31.5 cm³/mol. The lowest BCUT2D eigenvalue weighted by molar-refractivity contribution is -1.91. The summed E-state index contributed by atoms with van der Waals surface area (Å²) in [5.74, 6) is 0. The molecule has 0 radical (unpaired) electrons. The SMILES string of the molecule is [O-][Cl+3]([O-])([O-])OS1=CSC=C1. The fraction of sp³-hybridized carbons (Fsp3) is 0. The molecule has 1 heterocycles. The third-order valence-corrected chi connectivity index (χ3v) is 3.84. The van der Waals surface area contributed by atoms with Crippen LogP contribution in [0.1, 0.15) is 0 Å². The molecular formula is C3H3ClO4S2. The summed E-state index contributed by atoms with van der Waals surface area (Å²) in [6.45, 7) is 0. The highest BCUT2D eigenvalue weighted by Gasteiger charge is 2.21. The average Bonchev–Trinajstić information content (AvgIpc) is 2.12. The van der Waals surface area contributed by atoms with Gasteiger partial charge in [0.1, 0.15) is 14.5 Å². The van der Waals surface area contributed by atoms with Crippen molar-refractivity contribution in [1.29, 1.82) is 0 Å². The molecule has 1 aliphatic rings. The quantitative estimate of drug-likeness (QED) is 0.487. The summed E-state index contributed by atoms with van der Waals surface area (Å²) in [5, 5.41) is 3.16. The van der Waals surface area contributed by atoms with Crippen LogP contribution in [-0.2, 0) is 3.74 Å². The van der Waals surface area contributed by atoms with E-state index in [0.29, 0.717) is 0 Å². The van der Waals surface area contributed by atoms with Crippen molar-refractivity contribution in [1.82, 2.24) is 0 Å². The van der Waals surface area contributed by atoms with Gasteiger partial charge in [0.15, 0.2) is 0 Å². The van der Waals surface area contributed by atoms with Crippen LogP contribution < -0.4 is 14.0 Å². The topological polar surface area (TPSA) is 78.4 Å². The Hall–Kier alpha value is 0.440. The molecule has 10 heavy (non-hydrogen) atoms. The van der Waals surface area contributed by atoms with Crippen molar-refractivity contribution in [3.63, 3.8) is 0 Å². The number of thioether (sulfide) groups is 1. The summed E-state index contributed by atoms with van der Waals surface area (Å²) in [5.41, 5.74) is 0. The van der Waals surface area contributed by atoms with E-state index < -0.39 is 21.0 Å². The monoisotopic (exact) mass is 202 g/mol. The molecule has 1 aliphatic heterocycles. The van der Waals surface area contributed by atoms with E-state index in [1.807, 2.05) is 0 Å². The van der Waals surface area contributed by atoms with Crippen LogP contribution in [0.5, 0.6) is 0 Å². The lowest BCUT2D eigenvalue weighted by Crippen LogP contribution is -2.59. The van der Waals surface area contributed by atoms with Gasteiger partial charge in [-0.1, -0.05) is 11.8 Å². The molecule has 0 N–H and O–H groups in total. The molecule has 1 rings (SSSR count). The van der Waals surface area contributed by atoms with Gasteiger partial charge in [-0.05, 0) is 5.41 Å². The van der Waals surface area contributed by atoms with Crippen molar-refractivity contribution in [3.8, 4) is 0 Å². The smallest absolute Gasteiger partial charge is 0.141 e. The molecule has 0 bridgehead atoms. The van der Waals surface area contributed by atoms with E-state index in [9.17, 15) is 14.0 Å². The molecule has 4 nitrogen and oxygen atoms in total. The fourth-order valence-electron chi connectivity index (χ4n) is 0.331. The fourth-order valence-corrected chi connectivity index (χ4v) is 3.24. The lowest BCUT2D eigenvalue weighted by atomic mass is 11.3. The first-order chi connectivity index (χ1) is 4.58. The highest BCUT2D eigenvalue weighted by Crippen LogP contribution is 2.28. The van der Waals surface area contributed by atoms with Crippen molar-refractivity contribution in [2.75, 3.05) is 0 Å². The third-order valence-electron chi connectivity index (χ3n) is 0.569. The zero-order valence-electron chi connectivity index (χ0n) is 4.56. The zero-order chi connectivity index (χ0) is 7.61. The largest absolute Gasteiger partial charge is 0.182 e. The minimum Gasteiger partial charge on any atom is -0.182 e. The Bertz CT molecular complexity index is 183. The first-order valence-corrected chi connectivity index (χ1v) is 5.51. The summed E-state index contributed by atoms with van der Waals surface area (Å²) in [7, 11) is -5.24. The van der Waals surface area contributed by atoms with Crippen LogP contribution in [-0.4, -0.2) is 4.70 Å². The van der Waals surface area contributed by atoms with E-state index in [1.165, 1.54) is 21.9 Å². The average molecular weight is 203 g/mol. The Balaban J connectivity index is 2.46. The van der Waals surface area contributed by atoms with Crippen molar-refractivity contribution in [2.45, 2.75) is 0 Å². The maximum absolute atomic E-state index is 9.93. The van der Waals surface area contributed by atoms with E-state index in [4.69, 9.17) is 0 Å². The van der Waals surface area contributed by atoms with E-state index in [2.05, 4.69) is 3.74 Å². The molecule has 0 aromatic carbocycles. The van der Waals surface area contributed by atoms with Gasteiger partial charge >= 0.3 is 0 Å². The first kappa shape index (κ1) is 8.54. The van der Waals surface area contributed by atoms with Crippen LogP contribution in [0.3, 0.4) is 0 Å². The van der Waals surface area contributed by atoms with Crippen molar-refractivity contribution >= 4 is 27.2 Å². The molecule has 0 aromatic rings. The Kier molecular flexibility index (Phi) is 2.75. The molecular weight excluding hydrogens is 200 g/mol. The van der Waals surface area contributed by atoms with Gasteiger partial charge in [0.25, 0.3) is 0 Å². The van der Waals surface area contributed by atoms with Crippen molar-refractivity contribution in [2.24, 2.45) is 0 Å². The molecule has 1 unspecified atom stereocenters. The molecule has 0 saturated heterocycles. The Labute approximate surface area is 66.4 Å². The van der Waals surface area contributed by atoms with Gasteiger partial charge in [0, 0.05) is 10.1 Å². The second kappa shape index (κ2) is 3.22. The van der Waals surface area contributed by atoms with Gasteiger partial charge in [-0.25, -0.2) is 0 Å². The van der Waals surface area contributed by atoms with Crippen LogP contribution in [0.15, 0.2) is 10.8 Å². The summed E-state index contributed by atoms with van der Waals surface area (Å²) < 4.78 is 35.4. The molecule has 7 heteroatoms. The standard InChI is InChI=1S/C3H3ClO4S2/c5-4(6,7)8-10-2-1-9-3-10/h1-3H. The summed E-state index contributed by atoms with van der Waals surface area (Å²) in [4.78, 5) is 0. The van der Waals surface area contributed by atoms with Crippen molar-refractivity contribution < 1.29 is 28.0 Å². The lowest BCUT2D eigenvalue weighted by Gasteiger charge is -2.10. The molecule has 0 fully saturated rings. The minimum absolute atomic E-state index is 0.952. The van der Waals surface area contributed by atoms with E-state index in [1.54, 1.807) is 5.41 Å². The van der Waals surface area contributed by atoms with E-state index in [-0.39, 0.29) is 0 Å². The summed E-state index contributed by atoms with van der Waals surface area (Å²) in [6.07, 6.45) is 0. The molecule has 1 atom stereocenters. The predicted octanol–water partition coefficient (Wildman–Crippen LogP) is -1.94. The second-order valence-electron chi connectivity index (χ2n) is 1.27. The maximum Gasteiger partial charge on any atom is 0.141 e. The van der Waals surface area contributed by atoms with Gasteiger partial charge < -0.3 is 0 Å². The van der Waals surface area contributed by atoms with E-state index in [0.717, 1.165) is 0 Å². The van der Waals surface area contributed by atoms with Crippen LogP contribution in [0.25, 0.3) is 0 Å². The van der Waals surface area contributed by atoms with Crippen LogP contribution in [0.4, 0.5) is 0 Å². The number of halogens is 1. The molecule has 0 spiro atoms. The van der Waals surface area contributed by atoms with E-state index >= 15 is 0 Å². The molecule has 0 saturated carbocycles. The highest BCUT2D eigenvalue weighted by molar-refractivity contribution is 8.34.